The van der Waals surface area contributed by atoms with Crippen molar-refractivity contribution in [2.24, 2.45) is 5.41 Å². The number of hydrogen-bond donors (Lipinski definition) is 2. The van der Waals surface area contributed by atoms with Crippen LogP contribution < -0.4 is 0 Å². The van der Waals surface area contributed by atoms with Gasteiger partial charge >= 0.3 is 0 Å². The van der Waals surface area contributed by atoms with Crippen LogP contribution in [0.25, 0.3) is 0 Å². The first-order valence-corrected chi connectivity index (χ1v) is 5.26. The summed E-state index contributed by atoms with van der Waals surface area (Å²) in [5, 5.41) is 17.5. The van der Waals surface area contributed by atoms with E-state index < -0.39 is 11.0 Å². The van der Waals surface area contributed by atoms with Gasteiger partial charge in [-0.2, -0.15) is 0 Å². The Hall–Kier alpha value is -0.740. The molecule has 0 aliphatic heterocycles. The van der Waals surface area contributed by atoms with Gasteiger partial charge < -0.3 is 10.2 Å². The Morgan fingerprint density at radius 1 is 1.06 bits per heavy atom. The Kier molecular flexibility index (Phi) is 7.46. The highest BCUT2D eigenvalue weighted by molar-refractivity contribution is 5.81. The molecule has 2 N–H and O–H groups in total. The van der Waals surface area contributed by atoms with Crippen LogP contribution >= 0.6 is 0 Å². The van der Waals surface area contributed by atoms with Crippen LogP contribution in [0.3, 0.4) is 0 Å². The largest absolute Gasteiger partial charge is 0.395 e. The second-order valence-electron chi connectivity index (χ2n) is 5.29. The third-order valence-electron chi connectivity index (χ3n) is 2.03. The lowest BCUT2D eigenvalue weighted by Gasteiger charge is -2.15. The average Bonchev–Trinajstić information content (AvgIpc) is 2.00. The summed E-state index contributed by atoms with van der Waals surface area (Å²) in [5.41, 5.74) is -1.37. The Morgan fingerprint density at radius 2 is 1.44 bits per heavy atom. The summed E-state index contributed by atoms with van der Waals surface area (Å²) in [6, 6.07) is 0. The minimum atomic E-state index is -0.828. The number of rotatable bonds is 4. The Balaban J connectivity index is 0. The van der Waals surface area contributed by atoms with Crippen LogP contribution in [-0.4, -0.2) is 34.0 Å². The first-order valence-electron chi connectivity index (χ1n) is 5.26. The van der Waals surface area contributed by atoms with Crippen LogP contribution in [0.5, 0.6) is 0 Å². The van der Waals surface area contributed by atoms with Crippen LogP contribution in [0, 0.1) is 5.41 Å². The molecular weight excluding hydrogens is 208 g/mol. The molecule has 0 aromatic heterocycles. The van der Waals surface area contributed by atoms with Crippen LogP contribution in [-0.2, 0) is 9.59 Å². The Morgan fingerprint density at radius 3 is 1.44 bits per heavy atom. The summed E-state index contributed by atoms with van der Waals surface area (Å²) < 4.78 is 0. The van der Waals surface area contributed by atoms with Gasteiger partial charge in [0, 0.05) is 11.8 Å². The summed E-state index contributed by atoms with van der Waals surface area (Å²) in [5.74, 6) is 0.0532. The van der Waals surface area contributed by atoms with Gasteiger partial charge in [-0.05, 0) is 27.7 Å². The number of aliphatic hydroxyl groups is 2. The van der Waals surface area contributed by atoms with Crippen LogP contribution in [0.4, 0.5) is 0 Å². The predicted molar refractivity (Wildman–Crippen MR) is 63.1 cm³/mol. The van der Waals surface area contributed by atoms with Crippen LogP contribution in [0.1, 0.15) is 48.0 Å². The summed E-state index contributed by atoms with van der Waals surface area (Å²) in [6.45, 7) is 9.56. The molecule has 0 aromatic carbocycles. The minimum Gasteiger partial charge on any atom is -0.395 e. The molecule has 16 heavy (non-hydrogen) atoms. The van der Waals surface area contributed by atoms with E-state index in [-0.39, 0.29) is 24.6 Å². The lowest BCUT2D eigenvalue weighted by atomic mass is 9.90. The number of carbonyl (C=O) groups excluding carboxylic acids is 2. The molecular formula is C12H24O4. The quantitative estimate of drug-likeness (QED) is 0.767. The van der Waals surface area contributed by atoms with Crippen molar-refractivity contribution < 1.29 is 19.8 Å². The first-order chi connectivity index (χ1) is 6.92. The molecule has 0 saturated carbocycles. The maximum atomic E-state index is 10.5. The van der Waals surface area contributed by atoms with Crippen molar-refractivity contribution in [2.45, 2.75) is 53.6 Å². The maximum absolute atomic E-state index is 10.5. The van der Waals surface area contributed by atoms with Gasteiger partial charge in [0.25, 0.3) is 0 Å². The Bertz CT molecular complexity index is 236. The standard InChI is InChI=1S/2C6H12O2/c1-5(8)6(2,3)4-7;1-5(7)4-6(2,3)8/h7H,4H2,1-3H3;8H,4H2,1-3H3. The van der Waals surface area contributed by atoms with Gasteiger partial charge in [0.2, 0.25) is 0 Å². The predicted octanol–water partition coefficient (Wildman–Crippen LogP) is 1.33. The molecule has 0 aliphatic rings. The van der Waals surface area contributed by atoms with E-state index in [0.717, 1.165) is 0 Å². The lowest BCUT2D eigenvalue weighted by molar-refractivity contribution is -0.126. The number of aliphatic hydroxyl groups excluding tert-OH is 1. The summed E-state index contributed by atoms with van der Waals surface area (Å²) in [4.78, 5) is 20.8. The Labute approximate surface area is 97.7 Å². The molecule has 0 saturated heterocycles. The highest BCUT2D eigenvalue weighted by Crippen LogP contribution is 2.13. The average molecular weight is 232 g/mol. The SMILES string of the molecule is CC(=O)C(C)(C)CO.CC(=O)CC(C)(C)O. The van der Waals surface area contributed by atoms with Crippen molar-refractivity contribution >= 4 is 11.6 Å². The smallest absolute Gasteiger partial charge is 0.137 e. The molecule has 0 fully saturated rings. The summed E-state index contributed by atoms with van der Waals surface area (Å²) in [7, 11) is 0. The molecule has 4 nitrogen and oxygen atoms in total. The van der Waals surface area contributed by atoms with Crippen molar-refractivity contribution in [2.75, 3.05) is 6.61 Å². The topological polar surface area (TPSA) is 74.6 Å². The molecule has 0 spiro atoms. The van der Waals surface area contributed by atoms with Gasteiger partial charge in [0.05, 0.1) is 12.2 Å². The van der Waals surface area contributed by atoms with E-state index in [0.29, 0.717) is 0 Å². The van der Waals surface area contributed by atoms with E-state index in [9.17, 15) is 9.59 Å². The minimum absolute atomic E-state index is 0.0255. The molecule has 0 atom stereocenters. The highest BCUT2D eigenvalue weighted by atomic mass is 16.3. The monoisotopic (exact) mass is 232 g/mol. The third kappa shape index (κ3) is 11.3. The lowest BCUT2D eigenvalue weighted by Crippen LogP contribution is -2.25. The van der Waals surface area contributed by atoms with Gasteiger partial charge in [-0.3, -0.25) is 9.59 Å². The fourth-order valence-electron chi connectivity index (χ4n) is 0.721. The van der Waals surface area contributed by atoms with E-state index in [1.54, 1.807) is 27.7 Å². The van der Waals surface area contributed by atoms with E-state index >= 15 is 0 Å². The number of Topliss-reactive ketones (excluding diaryl/α,β-unsaturated/α-hetero) is 2. The van der Waals surface area contributed by atoms with Gasteiger partial charge in [0.15, 0.2) is 0 Å². The fourth-order valence-corrected chi connectivity index (χ4v) is 0.721. The molecule has 0 unspecified atom stereocenters. The molecule has 4 heteroatoms. The second-order valence-corrected chi connectivity index (χ2v) is 5.29. The summed E-state index contributed by atoms with van der Waals surface area (Å²) in [6.07, 6.45) is 0.243. The van der Waals surface area contributed by atoms with E-state index in [2.05, 4.69) is 0 Å². The molecule has 0 rings (SSSR count). The van der Waals surface area contributed by atoms with Crippen molar-refractivity contribution in [3.63, 3.8) is 0 Å². The normalized spacial score (nSPS) is 11.5. The number of carbonyl (C=O) groups is 2. The van der Waals surface area contributed by atoms with Gasteiger partial charge in [-0.15, -0.1) is 0 Å². The molecule has 0 aromatic rings. The number of ketones is 2. The molecule has 0 radical (unpaired) electrons. The van der Waals surface area contributed by atoms with Crippen molar-refractivity contribution in [1.29, 1.82) is 0 Å². The van der Waals surface area contributed by atoms with E-state index in [4.69, 9.17) is 10.2 Å². The molecule has 0 bridgehead atoms. The van der Waals surface area contributed by atoms with Crippen molar-refractivity contribution in [1.82, 2.24) is 0 Å². The maximum Gasteiger partial charge on any atom is 0.137 e. The fraction of sp³-hybridized carbons (Fsp3) is 0.833. The molecule has 0 aliphatic carbocycles. The zero-order valence-corrected chi connectivity index (χ0v) is 11.1. The zero-order chi connectivity index (χ0) is 13.6. The van der Waals surface area contributed by atoms with E-state index in [1.807, 2.05) is 0 Å². The zero-order valence-electron chi connectivity index (χ0n) is 11.1. The number of hydrogen-bond acceptors (Lipinski definition) is 4. The van der Waals surface area contributed by atoms with Crippen molar-refractivity contribution in [3.8, 4) is 0 Å². The summed E-state index contributed by atoms with van der Waals surface area (Å²) >= 11 is 0. The van der Waals surface area contributed by atoms with Crippen molar-refractivity contribution in [3.05, 3.63) is 0 Å². The van der Waals surface area contributed by atoms with E-state index in [1.165, 1.54) is 13.8 Å². The third-order valence-corrected chi connectivity index (χ3v) is 2.03. The van der Waals surface area contributed by atoms with Gasteiger partial charge in [-0.25, -0.2) is 0 Å². The molecule has 96 valence electrons. The second kappa shape index (κ2) is 6.76. The highest BCUT2D eigenvalue weighted by Gasteiger charge is 2.21. The first kappa shape index (κ1) is 17.6. The van der Waals surface area contributed by atoms with Gasteiger partial charge in [0.1, 0.15) is 11.6 Å². The van der Waals surface area contributed by atoms with Gasteiger partial charge in [-0.1, -0.05) is 13.8 Å². The van der Waals surface area contributed by atoms with Crippen LogP contribution in [0.15, 0.2) is 0 Å². The van der Waals surface area contributed by atoms with Crippen LogP contribution in [0.2, 0.25) is 0 Å². The molecule has 0 heterocycles. The molecule has 0 amide bonds.